The van der Waals surface area contributed by atoms with Gasteiger partial charge >= 0.3 is 5.69 Å². The lowest BCUT2D eigenvalue weighted by atomic mass is 10.1. The first-order valence-electron chi connectivity index (χ1n) is 8.23. The fourth-order valence-corrected chi connectivity index (χ4v) is 2.52. The van der Waals surface area contributed by atoms with Crippen LogP contribution in [0.1, 0.15) is 17.3 Å². The van der Waals surface area contributed by atoms with Crippen molar-refractivity contribution in [2.75, 3.05) is 25.9 Å². The molecular weight excluding hydrogens is 336 g/mol. The number of ketones is 1. The molecule has 140 valence electrons. The number of rotatable bonds is 7. The van der Waals surface area contributed by atoms with Crippen LogP contribution < -0.4 is 21.7 Å². The van der Waals surface area contributed by atoms with Crippen LogP contribution in [0.5, 0.6) is 5.75 Å². The van der Waals surface area contributed by atoms with Crippen molar-refractivity contribution in [2.45, 2.75) is 13.0 Å². The van der Waals surface area contributed by atoms with Crippen molar-refractivity contribution < 1.29 is 9.53 Å². The maximum absolute atomic E-state index is 12.8. The van der Waals surface area contributed by atoms with E-state index in [1.54, 1.807) is 18.9 Å². The second kappa shape index (κ2) is 8.01. The molecule has 0 fully saturated rings. The number of aromatic nitrogens is 2. The Kier molecular flexibility index (Phi) is 5.99. The van der Waals surface area contributed by atoms with Gasteiger partial charge in [-0.3, -0.25) is 23.6 Å². The molecule has 0 unspecified atom stereocenters. The molecule has 8 heteroatoms. The maximum atomic E-state index is 12.8. The van der Waals surface area contributed by atoms with E-state index in [0.717, 1.165) is 14.9 Å². The van der Waals surface area contributed by atoms with Crippen LogP contribution in [-0.2, 0) is 14.1 Å². The van der Waals surface area contributed by atoms with E-state index in [9.17, 15) is 14.4 Å². The Morgan fingerprint density at radius 1 is 1.19 bits per heavy atom. The summed E-state index contributed by atoms with van der Waals surface area (Å²) in [6.45, 7) is 2.56. The zero-order valence-electron chi connectivity index (χ0n) is 15.4. The van der Waals surface area contributed by atoms with Crippen molar-refractivity contribution in [2.24, 2.45) is 14.1 Å². The van der Waals surface area contributed by atoms with E-state index in [-0.39, 0.29) is 11.4 Å². The van der Waals surface area contributed by atoms with Crippen molar-refractivity contribution in [3.05, 3.63) is 56.7 Å². The van der Waals surface area contributed by atoms with Gasteiger partial charge in [-0.15, -0.1) is 0 Å². The molecule has 0 aliphatic carbocycles. The Balaban J connectivity index is 2.12. The molecular formula is C18H24N4O4. The average molecular weight is 360 g/mol. The predicted molar refractivity (Wildman–Crippen MR) is 99.7 cm³/mol. The van der Waals surface area contributed by atoms with E-state index in [0.29, 0.717) is 13.2 Å². The molecule has 1 atom stereocenters. The lowest BCUT2D eigenvalue weighted by Gasteiger charge is -2.24. The summed E-state index contributed by atoms with van der Waals surface area (Å²) in [5.74, 6) is 0.195. The number of benzene rings is 1. The lowest BCUT2D eigenvalue weighted by Crippen LogP contribution is -2.46. The van der Waals surface area contributed by atoms with Gasteiger partial charge in [-0.05, 0) is 26.1 Å². The zero-order valence-corrected chi connectivity index (χ0v) is 15.4. The number of nitrogen functional groups attached to an aromatic ring is 1. The van der Waals surface area contributed by atoms with Crippen molar-refractivity contribution in [3.8, 4) is 5.75 Å². The Bertz CT molecular complexity index is 902. The minimum Gasteiger partial charge on any atom is -0.492 e. The van der Waals surface area contributed by atoms with E-state index in [1.807, 2.05) is 30.3 Å². The van der Waals surface area contributed by atoms with Gasteiger partial charge in [0.25, 0.3) is 5.56 Å². The smallest absolute Gasteiger partial charge is 0.332 e. The number of hydrogen-bond donors (Lipinski definition) is 1. The molecule has 0 amide bonds. The quantitative estimate of drug-likeness (QED) is 0.711. The molecule has 8 nitrogen and oxygen atoms in total. The molecule has 0 spiro atoms. The molecule has 2 aromatic rings. The van der Waals surface area contributed by atoms with Crippen LogP contribution in [0.15, 0.2) is 39.9 Å². The fourth-order valence-electron chi connectivity index (χ4n) is 2.52. The minimum absolute atomic E-state index is 0.121. The summed E-state index contributed by atoms with van der Waals surface area (Å²) in [4.78, 5) is 38.8. The summed E-state index contributed by atoms with van der Waals surface area (Å²) in [6.07, 6.45) is 0. The van der Waals surface area contributed by atoms with Crippen molar-refractivity contribution in [1.82, 2.24) is 14.0 Å². The number of carbonyl (C=O) groups is 1. The summed E-state index contributed by atoms with van der Waals surface area (Å²) in [7, 11) is 4.51. The first-order valence-corrected chi connectivity index (χ1v) is 8.23. The fraction of sp³-hybridized carbons (Fsp3) is 0.389. The molecule has 1 heterocycles. The Morgan fingerprint density at radius 2 is 1.81 bits per heavy atom. The van der Waals surface area contributed by atoms with E-state index >= 15 is 0 Å². The van der Waals surface area contributed by atoms with E-state index in [4.69, 9.17) is 10.5 Å². The van der Waals surface area contributed by atoms with E-state index < -0.39 is 23.1 Å². The molecule has 0 saturated heterocycles. The first-order chi connectivity index (χ1) is 12.3. The standard InChI is InChI=1S/C18H24N4O4/c1-12(20(2)10-11-26-13-8-6-5-7-9-13)15(23)14-16(19)21(3)18(25)22(4)17(14)24/h5-9,12H,10-11,19H2,1-4H3/t12-/m0/s1. The second-order valence-corrected chi connectivity index (χ2v) is 6.15. The number of ether oxygens (including phenoxy) is 1. The molecule has 2 N–H and O–H groups in total. The molecule has 1 aromatic carbocycles. The van der Waals surface area contributed by atoms with Crippen LogP contribution in [0, 0.1) is 0 Å². The summed E-state index contributed by atoms with van der Waals surface area (Å²) in [6, 6.07) is 8.76. The number of anilines is 1. The van der Waals surface area contributed by atoms with Crippen LogP contribution in [0.2, 0.25) is 0 Å². The van der Waals surface area contributed by atoms with Crippen LogP contribution in [0.3, 0.4) is 0 Å². The molecule has 0 radical (unpaired) electrons. The lowest BCUT2D eigenvalue weighted by molar-refractivity contribution is 0.0851. The van der Waals surface area contributed by atoms with Crippen molar-refractivity contribution in [3.63, 3.8) is 0 Å². The number of hydrogen-bond acceptors (Lipinski definition) is 6. The van der Waals surface area contributed by atoms with Crippen LogP contribution in [-0.4, -0.2) is 46.1 Å². The summed E-state index contributed by atoms with van der Waals surface area (Å²) in [5, 5.41) is 0. The number of Topliss-reactive ketones (excluding diaryl/α,β-unsaturated/α-hetero) is 1. The number of para-hydroxylation sites is 1. The normalized spacial score (nSPS) is 12.2. The molecule has 2 rings (SSSR count). The largest absolute Gasteiger partial charge is 0.492 e. The highest BCUT2D eigenvalue weighted by Crippen LogP contribution is 2.11. The summed E-state index contributed by atoms with van der Waals surface area (Å²) < 4.78 is 7.61. The molecule has 0 bridgehead atoms. The second-order valence-electron chi connectivity index (χ2n) is 6.15. The van der Waals surface area contributed by atoms with Gasteiger partial charge in [0.05, 0.1) is 6.04 Å². The monoisotopic (exact) mass is 360 g/mol. The van der Waals surface area contributed by atoms with E-state index in [2.05, 4.69) is 0 Å². The number of likely N-dealkylation sites (N-methyl/N-ethyl adjacent to an activating group) is 1. The first kappa shape index (κ1) is 19.5. The number of carbonyl (C=O) groups excluding carboxylic acids is 1. The molecule has 26 heavy (non-hydrogen) atoms. The van der Waals surface area contributed by atoms with Gasteiger partial charge in [0.1, 0.15) is 23.7 Å². The number of nitrogens with two attached hydrogens (primary N) is 1. The molecule has 1 aromatic heterocycles. The van der Waals surface area contributed by atoms with Gasteiger partial charge in [-0.2, -0.15) is 0 Å². The van der Waals surface area contributed by atoms with Crippen LogP contribution >= 0.6 is 0 Å². The maximum Gasteiger partial charge on any atom is 0.332 e. The van der Waals surface area contributed by atoms with Gasteiger partial charge in [-0.25, -0.2) is 4.79 Å². The molecule has 0 saturated carbocycles. The Hall–Kier alpha value is -2.87. The van der Waals surface area contributed by atoms with Crippen LogP contribution in [0.4, 0.5) is 5.82 Å². The number of nitrogens with zero attached hydrogens (tertiary/aromatic N) is 3. The summed E-state index contributed by atoms with van der Waals surface area (Å²) >= 11 is 0. The highest BCUT2D eigenvalue weighted by Gasteiger charge is 2.26. The predicted octanol–water partition coefficient (Wildman–Crippen LogP) is 0.248. The molecule has 0 aliphatic heterocycles. The van der Waals surface area contributed by atoms with Gasteiger partial charge < -0.3 is 10.5 Å². The molecule has 0 aliphatic rings. The highest BCUT2D eigenvalue weighted by atomic mass is 16.5. The zero-order chi connectivity index (χ0) is 19.4. The Morgan fingerprint density at radius 3 is 2.42 bits per heavy atom. The van der Waals surface area contributed by atoms with Crippen molar-refractivity contribution >= 4 is 11.6 Å². The average Bonchev–Trinajstić information content (AvgIpc) is 2.65. The third-order valence-corrected chi connectivity index (χ3v) is 4.45. The highest BCUT2D eigenvalue weighted by molar-refractivity contribution is 6.03. The van der Waals surface area contributed by atoms with E-state index in [1.165, 1.54) is 14.1 Å². The third kappa shape index (κ3) is 3.85. The van der Waals surface area contributed by atoms with Crippen molar-refractivity contribution in [1.29, 1.82) is 0 Å². The Labute approximate surface area is 151 Å². The summed E-state index contributed by atoms with van der Waals surface area (Å²) in [5.41, 5.74) is 4.43. The topological polar surface area (TPSA) is 99.6 Å². The van der Waals surface area contributed by atoms with Gasteiger partial charge in [0, 0.05) is 20.6 Å². The van der Waals surface area contributed by atoms with Gasteiger partial charge in [0.15, 0.2) is 5.78 Å². The SMILES string of the molecule is C[C@@H](C(=O)c1c(N)n(C)c(=O)n(C)c1=O)N(C)CCOc1ccccc1. The van der Waals surface area contributed by atoms with Gasteiger partial charge in [0.2, 0.25) is 0 Å². The van der Waals surface area contributed by atoms with Crippen LogP contribution in [0.25, 0.3) is 0 Å². The van der Waals surface area contributed by atoms with Gasteiger partial charge in [-0.1, -0.05) is 18.2 Å². The third-order valence-electron chi connectivity index (χ3n) is 4.45. The minimum atomic E-state index is -0.684.